The van der Waals surface area contributed by atoms with E-state index >= 15 is 0 Å². The van der Waals surface area contributed by atoms with Crippen LogP contribution in [0.4, 0.5) is 5.69 Å². The molecule has 154 valence electrons. The molecule has 3 aromatic rings. The van der Waals surface area contributed by atoms with Crippen molar-refractivity contribution >= 4 is 35.0 Å². The highest BCUT2D eigenvalue weighted by atomic mass is 35.5. The van der Waals surface area contributed by atoms with E-state index in [9.17, 15) is 4.79 Å². The van der Waals surface area contributed by atoms with Crippen molar-refractivity contribution in [1.29, 1.82) is 0 Å². The van der Waals surface area contributed by atoms with Gasteiger partial charge in [-0.2, -0.15) is 0 Å². The Morgan fingerprint density at radius 3 is 2.77 bits per heavy atom. The monoisotopic (exact) mass is 440 g/mol. The Balaban J connectivity index is 1.61. The van der Waals surface area contributed by atoms with Crippen LogP contribution in [0.1, 0.15) is 6.42 Å². The summed E-state index contributed by atoms with van der Waals surface area (Å²) in [6.45, 7) is 5.00. The first-order valence-corrected chi connectivity index (χ1v) is 10.8. The minimum Gasteiger partial charge on any atom is -0.496 e. The lowest BCUT2D eigenvalue weighted by Crippen LogP contribution is -2.28. The summed E-state index contributed by atoms with van der Waals surface area (Å²) in [5.74, 6) is 1.43. The molecule has 1 atom stereocenters. The summed E-state index contributed by atoms with van der Waals surface area (Å²) in [6.07, 6.45) is 2.50. The normalized spacial score (nSPS) is 16.1. The SMILES string of the molecule is C=CCn1c(SC2CCN(c3ccccc3Cl)C2=O)nnc1-c1ccccc1OC. The van der Waals surface area contributed by atoms with Gasteiger partial charge in [0.15, 0.2) is 11.0 Å². The maximum absolute atomic E-state index is 13.1. The molecule has 1 unspecified atom stereocenters. The van der Waals surface area contributed by atoms with E-state index in [1.165, 1.54) is 11.8 Å². The van der Waals surface area contributed by atoms with Gasteiger partial charge in [0.25, 0.3) is 0 Å². The maximum Gasteiger partial charge on any atom is 0.240 e. The van der Waals surface area contributed by atoms with Gasteiger partial charge in [0.2, 0.25) is 5.91 Å². The minimum atomic E-state index is -0.250. The highest BCUT2D eigenvalue weighted by Gasteiger charge is 2.35. The van der Waals surface area contributed by atoms with Gasteiger partial charge in [-0.1, -0.05) is 53.7 Å². The first-order chi connectivity index (χ1) is 14.6. The van der Waals surface area contributed by atoms with Crippen molar-refractivity contribution in [3.05, 3.63) is 66.2 Å². The summed E-state index contributed by atoms with van der Waals surface area (Å²) in [5.41, 5.74) is 1.59. The van der Waals surface area contributed by atoms with Crippen LogP contribution in [0.25, 0.3) is 11.4 Å². The van der Waals surface area contributed by atoms with Crippen LogP contribution in [0, 0.1) is 0 Å². The number of rotatable bonds is 7. The van der Waals surface area contributed by atoms with Crippen molar-refractivity contribution < 1.29 is 9.53 Å². The molecule has 1 saturated heterocycles. The molecule has 30 heavy (non-hydrogen) atoms. The minimum absolute atomic E-state index is 0.0279. The van der Waals surface area contributed by atoms with Gasteiger partial charge < -0.3 is 9.64 Å². The summed E-state index contributed by atoms with van der Waals surface area (Å²) < 4.78 is 7.44. The molecular formula is C22H21ClN4O2S. The van der Waals surface area contributed by atoms with Gasteiger partial charge in [0.05, 0.1) is 28.6 Å². The first kappa shape index (κ1) is 20.5. The molecule has 0 aliphatic carbocycles. The molecule has 0 spiro atoms. The van der Waals surface area contributed by atoms with Crippen LogP contribution in [0.3, 0.4) is 0 Å². The zero-order valence-corrected chi connectivity index (χ0v) is 18.1. The zero-order valence-electron chi connectivity index (χ0n) is 16.5. The van der Waals surface area contributed by atoms with Crippen LogP contribution in [0.2, 0.25) is 5.02 Å². The van der Waals surface area contributed by atoms with E-state index in [1.807, 2.05) is 47.0 Å². The predicted molar refractivity (Wildman–Crippen MR) is 120 cm³/mol. The Hall–Kier alpha value is -2.77. The van der Waals surface area contributed by atoms with Crippen LogP contribution in [-0.2, 0) is 11.3 Å². The number of hydrogen-bond acceptors (Lipinski definition) is 5. The number of allylic oxidation sites excluding steroid dienone is 1. The molecule has 6 nitrogen and oxygen atoms in total. The maximum atomic E-state index is 13.1. The second-order valence-electron chi connectivity index (χ2n) is 6.74. The fourth-order valence-corrected chi connectivity index (χ4v) is 4.82. The van der Waals surface area contributed by atoms with Gasteiger partial charge in [0, 0.05) is 13.1 Å². The molecule has 1 aromatic heterocycles. The summed E-state index contributed by atoms with van der Waals surface area (Å²) in [4.78, 5) is 14.8. The molecule has 0 bridgehead atoms. The number of carbonyl (C=O) groups is 1. The van der Waals surface area contributed by atoms with E-state index in [1.54, 1.807) is 24.2 Å². The Morgan fingerprint density at radius 2 is 2.00 bits per heavy atom. The molecule has 1 amide bonds. The van der Waals surface area contributed by atoms with Crippen LogP contribution in [0.5, 0.6) is 5.75 Å². The van der Waals surface area contributed by atoms with E-state index in [4.69, 9.17) is 16.3 Å². The number of thioether (sulfide) groups is 1. The number of amides is 1. The van der Waals surface area contributed by atoms with E-state index in [2.05, 4.69) is 16.8 Å². The highest BCUT2D eigenvalue weighted by molar-refractivity contribution is 8.00. The third kappa shape index (κ3) is 3.82. The first-order valence-electron chi connectivity index (χ1n) is 9.54. The summed E-state index contributed by atoms with van der Waals surface area (Å²) in [7, 11) is 1.63. The van der Waals surface area contributed by atoms with E-state index < -0.39 is 0 Å². The quantitative estimate of drug-likeness (QED) is 0.499. The van der Waals surface area contributed by atoms with Crippen molar-refractivity contribution in [2.24, 2.45) is 0 Å². The second-order valence-corrected chi connectivity index (χ2v) is 8.32. The number of methoxy groups -OCH3 is 1. The van der Waals surface area contributed by atoms with Crippen molar-refractivity contribution in [2.75, 3.05) is 18.6 Å². The predicted octanol–water partition coefficient (Wildman–Crippen LogP) is 4.69. The average molecular weight is 441 g/mol. The molecule has 1 aliphatic heterocycles. The van der Waals surface area contributed by atoms with Gasteiger partial charge in [-0.05, 0) is 30.7 Å². The van der Waals surface area contributed by atoms with Crippen LogP contribution >= 0.6 is 23.4 Å². The lowest BCUT2D eigenvalue weighted by atomic mass is 10.2. The fraction of sp³-hybridized carbons (Fsp3) is 0.227. The molecule has 1 fully saturated rings. The third-order valence-electron chi connectivity index (χ3n) is 4.92. The smallest absolute Gasteiger partial charge is 0.240 e. The van der Waals surface area contributed by atoms with Crippen LogP contribution < -0.4 is 9.64 Å². The molecule has 0 saturated carbocycles. The fourth-order valence-electron chi connectivity index (χ4n) is 3.50. The molecule has 8 heteroatoms. The Bertz CT molecular complexity index is 1080. The topological polar surface area (TPSA) is 60.2 Å². The van der Waals surface area contributed by atoms with Crippen molar-refractivity contribution in [3.8, 4) is 17.1 Å². The molecule has 0 N–H and O–H groups in total. The number of anilines is 1. The molecule has 2 heterocycles. The van der Waals surface area contributed by atoms with E-state index in [0.29, 0.717) is 41.3 Å². The van der Waals surface area contributed by atoms with E-state index in [-0.39, 0.29) is 11.2 Å². The number of aromatic nitrogens is 3. The molecule has 0 radical (unpaired) electrons. The molecule has 4 rings (SSSR count). The van der Waals surface area contributed by atoms with Crippen LogP contribution in [-0.4, -0.2) is 39.6 Å². The van der Waals surface area contributed by atoms with Gasteiger partial charge >= 0.3 is 0 Å². The van der Waals surface area contributed by atoms with E-state index in [0.717, 1.165) is 11.3 Å². The van der Waals surface area contributed by atoms with Crippen molar-refractivity contribution in [2.45, 2.75) is 23.4 Å². The lowest BCUT2D eigenvalue weighted by Gasteiger charge is -2.18. The Labute approximate surface area is 184 Å². The van der Waals surface area contributed by atoms with Gasteiger partial charge in [-0.15, -0.1) is 16.8 Å². The number of para-hydroxylation sites is 2. The largest absolute Gasteiger partial charge is 0.496 e. The van der Waals surface area contributed by atoms with Gasteiger partial charge in [-0.3, -0.25) is 9.36 Å². The number of nitrogens with zero attached hydrogens (tertiary/aromatic N) is 4. The number of hydrogen-bond donors (Lipinski definition) is 0. The summed E-state index contributed by atoms with van der Waals surface area (Å²) in [5, 5.41) is 9.77. The highest BCUT2D eigenvalue weighted by Crippen LogP contribution is 2.37. The Morgan fingerprint density at radius 1 is 1.23 bits per heavy atom. The molecule has 2 aromatic carbocycles. The van der Waals surface area contributed by atoms with Gasteiger partial charge in [-0.25, -0.2) is 0 Å². The van der Waals surface area contributed by atoms with Gasteiger partial charge in [0.1, 0.15) is 5.75 Å². The number of carbonyl (C=O) groups excluding carboxylic acids is 1. The average Bonchev–Trinajstić information content (AvgIpc) is 3.33. The van der Waals surface area contributed by atoms with Crippen molar-refractivity contribution in [1.82, 2.24) is 14.8 Å². The lowest BCUT2D eigenvalue weighted by molar-refractivity contribution is -0.116. The zero-order chi connectivity index (χ0) is 21.1. The van der Waals surface area contributed by atoms with Crippen molar-refractivity contribution in [3.63, 3.8) is 0 Å². The number of benzene rings is 2. The second kappa shape index (κ2) is 8.93. The number of halogens is 1. The summed E-state index contributed by atoms with van der Waals surface area (Å²) >= 11 is 7.72. The molecular weight excluding hydrogens is 420 g/mol. The number of ether oxygens (including phenoxy) is 1. The Kier molecular flexibility index (Phi) is 6.11. The standard InChI is InChI=1S/C22H21ClN4O2S/c1-3-13-27-20(15-8-4-7-11-18(15)29-2)24-25-22(27)30-19-12-14-26(21(19)28)17-10-6-5-9-16(17)23/h3-11,19H,1,12-14H2,2H3. The van der Waals surface area contributed by atoms with Crippen LogP contribution in [0.15, 0.2) is 66.3 Å². The third-order valence-corrected chi connectivity index (χ3v) is 6.48. The molecule has 1 aliphatic rings. The summed E-state index contributed by atoms with van der Waals surface area (Å²) in [6, 6.07) is 15.1.